The van der Waals surface area contributed by atoms with E-state index < -0.39 is 5.97 Å². The first-order valence-electron chi connectivity index (χ1n) is 7.68. The predicted molar refractivity (Wildman–Crippen MR) is 87.7 cm³/mol. The molecule has 1 fully saturated rings. The monoisotopic (exact) mass is 310 g/mol. The molecule has 118 valence electrons. The Morgan fingerprint density at radius 2 is 1.91 bits per heavy atom. The SMILES string of the molecule is O=C(O)C1CCN(C(=O)/C=C/c2ccnc3ccccc23)CC1. The first-order chi connectivity index (χ1) is 11.1. The van der Waals surface area contributed by atoms with E-state index in [-0.39, 0.29) is 11.8 Å². The average molecular weight is 310 g/mol. The number of fused-ring (bicyclic) bond motifs is 1. The molecule has 0 spiro atoms. The van der Waals surface area contributed by atoms with Crippen molar-refractivity contribution in [3.05, 3.63) is 48.2 Å². The number of likely N-dealkylation sites (tertiary alicyclic amines) is 1. The topological polar surface area (TPSA) is 70.5 Å². The Balaban J connectivity index is 1.70. The molecule has 2 aromatic rings. The lowest BCUT2D eigenvalue weighted by molar-refractivity contribution is -0.144. The fraction of sp³-hybridized carbons (Fsp3) is 0.278. The van der Waals surface area contributed by atoms with Gasteiger partial charge in [-0.2, -0.15) is 0 Å². The van der Waals surface area contributed by atoms with Crippen molar-refractivity contribution in [1.29, 1.82) is 0 Å². The highest BCUT2D eigenvalue weighted by Crippen LogP contribution is 2.19. The highest BCUT2D eigenvalue weighted by Gasteiger charge is 2.25. The minimum Gasteiger partial charge on any atom is -0.481 e. The van der Waals surface area contributed by atoms with Gasteiger partial charge in [-0.1, -0.05) is 18.2 Å². The van der Waals surface area contributed by atoms with Gasteiger partial charge in [-0.05, 0) is 36.6 Å². The second-order valence-electron chi connectivity index (χ2n) is 5.69. The number of carboxylic acid groups (broad SMARTS) is 1. The number of hydrogen-bond donors (Lipinski definition) is 1. The van der Waals surface area contributed by atoms with Gasteiger partial charge in [-0.15, -0.1) is 0 Å². The molecule has 5 heteroatoms. The summed E-state index contributed by atoms with van der Waals surface area (Å²) < 4.78 is 0. The summed E-state index contributed by atoms with van der Waals surface area (Å²) in [5.74, 6) is -1.17. The predicted octanol–water partition coefficient (Wildman–Crippen LogP) is 2.57. The van der Waals surface area contributed by atoms with Crippen LogP contribution in [-0.2, 0) is 9.59 Å². The lowest BCUT2D eigenvalue weighted by atomic mass is 9.97. The van der Waals surface area contributed by atoms with Gasteiger partial charge in [-0.3, -0.25) is 14.6 Å². The number of para-hydroxylation sites is 1. The fourth-order valence-corrected chi connectivity index (χ4v) is 2.88. The Kier molecular flexibility index (Phi) is 4.37. The highest BCUT2D eigenvalue weighted by atomic mass is 16.4. The van der Waals surface area contributed by atoms with Gasteiger partial charge in [-0.25, -0.2) is 0 Å². The van der Waals surface area contributed by atoms with Gasteiger partial charge in [0, 0.05) is 30.7 Å². The van der Waals surface area contributed by atoms with Gasteiger partial charge in [0.25, 0.3) is 0 Å². The quantitative estimate of drug-likeness (QED) is 0.885. The van der Waals surface area contributed by atoms with Gasteiger partial charge in [0.1, 0.15) is 0 Å². The summed E-state index contributed by atoms with van der Waals surface area (Å²) in [7, 11) is 0. The Labute approximate surface area is 134 Å². The van der Waals surface area contributed by atoms with Crippen LogP contribution in [0.15, 0.2) is 42.6 Å². The lowest BCUT2D eigenvalue weighted by Crippen LogP contribution is -2.39. The molecule has 1 amide bonds. The molecule has 0 radical (unpaired) electrons. The van der Waals surface area contributed by atoms with Crippen LogP contribution in [0.5, 0.6) is 0 Å². The molecule has 0 aliphatic carbocycles. The van der Waals surface area contributed by atoms with E-state index >= 15 is 0 Å². The molecule has 23 heavy (non-hydrogen) atoms. The number of carboxylic acids is 1. The van der Waals surface area contributed by atoms with E-state index in [2.05, 4.69) is 4.98 Å². The molecule has 1 aliphatic heterocycles. The van der Waals surface area contributed by atoms with Crippen LogP contribution in [0.3, 0.4) is 0 Å². The Morgan fingerprint density at radius 3 is 2.65 bits per heavy atom. The zero-order valence-electron chi connectivity index (χ0n) is 12.7. The van der Waals surface area contributed by atoms with Gasteiger partial charge in [0.15, 0.2) is 0 Å². The molecule has 1 N–H and O–H groups in total. The van der Waals surface area contributed by atoms with Crippen molar-refractivity contribution in [3.63, 3.8) is 0 Å². The fourth-order valence-electron chi connectivity index (χ4n) is 2.88. The number of aliphatic carboxylic acids is 1. The van der Waals surface area contributed by atoms with E-state index in [1.54, 1.807) is 23.2 Å². The van der Waals surface area contributed by atoms with Crippen molar-refractivity contribution in [2.75, 3.05) is 13.1 Å². The third-order valence-electron chi connectivity index (χ3n) is 4.24. The molecular weight excluding hydrogens is 292 g/mol. The molecule has 0 bridgehead atoms. The number of hydrogen-bond acceptors (Lipinski definition) is 3. The summed E-state index contributed by atoms with van der Waals surface area (Å²) in [5.41, 5.74) is 1.84. The van der Waals surface area contributed by atoms with Gasteiger partial charge in [0.05, 0.1) is 11.4 Å². The number of aromatic nitrogens is 1. The van der Waals surface area contributed by atoms with E-state index in [9.17, 15) is 9.59 Å². The van der Waals surface area contributed by atoms with Crippen LogP contribution < -0.4 is 0 Å². The molecule has 1 saturated heterocycles. The van der Waals surface area contributed by atoms with Crippen molar-refractivity contribution in [2.24, 2.45) is 5.92 Å². The first-order valence-corrected chi connectivity index (χ1v) is 7.68. The minimum atomic E-state index is -0.768. The first kappa shape index (κ1) is 15.2. The van der Waals surface area contributed by atoms with Crippen molar-refractivity contribution in [1.82, 2.24) is 9.88 Å². The molecule has 0 atom stereocenters. The summed E-state index contributed by atoms with van der Waals surface area (Å²) in [4.78, 5) is 29.2. The Hall–Kier alpha value is -2.69. The molecular formula is C18H18N2O3. The van der Waals surface area contributed by atoms with Crippen LogP contribution in [0.2, 0.25) is 0 Å². The van der Waals surface area contributed by atoms with E-state index in [1.165, 1.54) is 0 Å². The summed E-state index contributed by atoms with van der Waals surface area (Å²) in [5, 5.41) is 10.00. The van der Waals surface area contributed by atoms with Gasteiger partial charge < -0.3 is 10.0 Å². The van der Waals surface area contributed by atoms with E-state index in [0.29, 0.717) is 25.9 Å². The zero-order chi connectivity index (χ0) is 16.2. The molecule has 1 aromatic carbocycles. The van der Waals surface area contributed by atoms with Crippen LogP contribution in [0, 0.1) is 5.92 Å². The van der Waals surface area contributed by atoms with Crippen LogP contribution in [0.4, 0.5) is 0 Å². The normalized spacial score (nSPS) is 16.1. The van der Waals surface area contributed by atoms with Crippen LogP contribution in [-0.4, -0.2) is 40.0 Å². The highest BCUT2D eigenvalue weighted by molar-refractivity contribution is 5.95. The Morgan fingerprint density at radius 1 is 1.17 bits per heavy atom. The number of benzene rings is 1. The summed E-state index contributed by atoms with van der Waals surface area (Å²) in [6.45, 7) is 0.995. The van der Waals surface area contributed by atoms with E-state index in [4.69, 9.17) is 5.11 Å². The van der Waals surface area contributed by atoms with Crippen LogP contribution >= 0.6 is 0 Å². The second kappa shape index (κ2) is 6.60. The maximum Gasteiger partial charge on any atom is 0.306 e. The van der Waals surface area contributed by atoms with Crippen molar-refractivity contribution >= 4 is 28.9 Å². The molecule has 5 nitrogen and oxygen atoms in total. The minimum absolute atomic E-state index is 0.0743. The maximum absolute atomic E-state index is 12.3. The summed E-state index contributed by atoms with van der Waals surface area (Å²) >= 11 is 0. The Bertz CT molecular complexity index is 756. The number of nitrogens with zero attached hydrogens (tertiary/aromatic N) is 2. The van der Waals surface area contributed by atoms with Crippen LogP contribution in [0.1, 0.15) is 18.4 Å². The van der Waals surface area contributed by atoms with Gasteiger partial charge >= 0.3 is 5.97 Å². The molecule has 1 aromatic heterocycles. The zero-order valence-corrected chi connectivity index (χ0v) is 12.7. The number of amides is 1. The molecule has 3 rings (SSSR count). The largest absolute Gasteiger partial charge is 0.481 e. The van der Waals surface area contributed by atoms with E-state index in [0.717, 1.165) is 16.5 Å². The van der Waals surface area contributed by atoms with Crippen molar-refractivity contribution in [3.8, 4) is 0 Å². The lowest BCUT2D eigenvalue weighted by Gasteiger charge is -2.29. The van der Waals surface area contributed by atoms with E-state index in [1.807, 2.05) is 30.3 Å². The molecule has 0 unspecified atom stereocenters. The smallest absolute Gasteiger partial charge is 0.306 e. The van der Waals surface area contributed by atoms with Crippen molar-refractivity contribution < 1.29 is 14.7 Å². The molecule has 0 saturated carbocycles. The standard InChI is InChI=1S/C18H18N2O3/c21-17(20-11-8-14(9-12-20)18(22)23)6-5-13-7-10-19-16-4-2-1-3-15(13)16/h1-7,10,14H,8-9,11-12H2,(H,22,23)/b6-5+. The maximum atomic E-state index is 12.3. The third kappa shape index (κ3) is 3.39. The van der Waals surface area contributed by atoms with Crippen molar-refractivity contribution in [2.45, 2.75) is 12.8 Å². The number of piperidine rings is 1. The number of carbonyl (C=O) groups is 2. The summed E-state index contributed by atoms with van der Waals surface area (Å²) in [6, 6.07) is 9.67. The summed E-state index contributed by atoms with van der Waals surface area (Å²) in [6.07, 6.45) is 6.13. The molecule has 1 aliphatic rings. The number of pyridine rings is 1. The number of rotatable bonds is 3. The molecule has 2 heterocycles. The third-order valence-corrected chi connectivity index (χ3v) is 4.24. The number of carbonyl (C=O) groups excluding carboxylic acids is 1. The second-order valence-corrected chi connectivity index (χ2v) is 5.69. The van der Waals surface area contributed by atoms with Gasteiger partial charge in [0.2, 0.25) is 5.91 Å². The van der Waals surface area contributed by atoms with Crippen LogP contribution in [0.25, 0.3) is 17.0 Å². The average Bonchev–Trinajstić information content (AvgIpc) is 2.59.